The number of halogens is 3. The summed E-state index contributed by atoms with van der Waals surface area (Å²) in [6.07, 6.45) is 1.45. The quantitative estimate of drug-likeness (QED) is 0.246. The van der Waals surface area contributed by atoms with Gasteiger partial charge in [-0.15, -0.1) is 0 Å². The van der Waals surface area contributed by atoms with Gasteiger partial charge in [0.25, 0.3) is 0 Å². The highest BCUT2D eigenvalue weighted by Gasteiger charge is 2.60. The molecule has 4 aliphatic rings. The molecule has 0 saturated heterocycles. The average molecular weight is 554 g/mol. The summed E-state index contributed by atoms with van der Waals surface area (Å²) in [5, 5.41) is 17.6. The van der Waals surface area contributed by atoms with Crippen LogP contribution in [0.2, 0.25) is 0 Å². The summed E-state index contributed by atoms with van der Waals surface area (Å²) in [6.45, 7) is 2.72. The SMILES string of the molecule is Cc1cc(Nc2cc(OCCCNC34CC5CC(C3)CC(C(=O)O)(C5)C4)cc(C(F)(F)F)c2)c2ccccc2n1. The van der Waals surface area contributed by atoms with E-state index in [0.717, 1.165) is 60.8 Å². The lowest BCUT2D eigenvalue weighted by Gasteiger charge is -2.60. The Labute approximate surface area is 231 Å². The van der Waals surface area contributed by atoms with Crippen molar-refractivity contribution >= 4 is 28.2 Å². The van der Waals surface area contributed by atoms with E-state index in [0.29, 0.717) is 36.9 Å². The van der Waals surface area contributed by atoms with Crippen LogP contribution in [-0.2, 0) is 11.0 Å². The molecule has 4 bridgehead atoms. The normalized spacial score (nSPS) is 27.2. The smallest absolute Gasteiger partial charge is 0.416 e. The van der Waals surface area contributed by atoms with Crippen LogP contribution >= 0.6 is 0 Å². The van der Waals surface area contributed by atoms with Gasteiger partial charge in [0, 0.05) is 34.1 Å². The van der Waals surface area contributed by atoms with Crippen LogP contribution in [0, 0.1) is 24.2 Å². The molecular formula is C31H34F3N3O3. The molecule has 6 nitrogen and oxygen atoms in total. The Bertz CT molecular complexity index is 1430. The van der Waals surface area contributed by atoms with Gasteiger partial charge in [-0.1, -0.05) is 18.2 Å². The number of hydrogen-bond acceptors (Lipinski definition) is 5. The predicted molar refractivity (Wildman–Crippen MR) is 147 cm³/mol. The Morgan fingerprint density at radius 1 is 1.10 bits per heavy atom. The molecule has 212 valence electrons. The molecule has 2 atom stereocenters. The lowest BCUT2D eigenvalue weighted by molar-refractivity contribution is -0.168. The monoisotopic (exact) mass is 553 g/mol. The molecule has 0 spiro atoms. The number of para-hydroxylation sites is 1. The van der Waals surface area contributed by atoms with Gasteiger partial charge in [-0.25, -0.2) is 0 Å². The van der Waals surface area contributed by atoms with E-state index in [1.54, 1.807) is 6.07 Å². The first-order valence-corrected chi connectivity index (χ1v) is 14.0. The number of carbonyl (C=O) groups is 1. The van der Waals surface area contributed by atoms with Crippen LogP contribution in [-0.4, -0.2) is 34.8 Å². The largest absolute Gasteiger partial charge is 0.493 e. The maximum absolute atomic E-state index is 13.7. The van der Waals surface area contributed by atoms with E-state index in [-0.39, 0.29) is 23.6 Å². The van der Waals surface area contributed by atoms with Crippen molar-refractivity contribution < 1.29 is 27.8 Å². The number of anilines is 2. The van der Waals surface area contributed by atoms with Crippen molar-refractivity contribution in [2.24, 2.45) is 17.3 Å². The zero-order chi connectivity index (χ0) is 28.1. The fourth-order valence-electron chi connectivity index (χ4n) is 7.82. The zero-order valence-corrected chi connectivity index (χ0v) is 22.5. The number of rotatable bonds is 9. The Kier molecular flexibility index (Phi) is 6.68. The first-order valence-electron chi connectivity index (χ1n) is 14.0. The molecule has 0 radical (unpaired) electrons. The maximum atomic E-state index is 13.7. The highest BCUT2D eigenvalue weighted by atomic mass is 19.4. The number of nitrogens with one attached hydrogen (secondary N) is 2. The van der Waals surface area contributed by atoms with E-state index in [9.17, 15) is 23.1 Å². The molecule has 0 aliphatic heterocycles. The van der Waals surface area contributed by atoms with Crippen LogP contribution < -0.4 is 15.4 Å². The number of pyridine rings is 1. The molecule has 3 N–H and O–H groups in total. The van der Waals surface area contributed by atoms with E-state index in [1.807, 2.05) is 37.3 Å². The number of benzene rings is 2. The first kappa shape index (κ1) is 26.9. The van der Waals surface area contributed by atoms with Gasteiger partial charge in [-0.05, 0) is 94.5 Å². The van der Waals surface area contributed by atoms with E-state index in [4.69, 9.17) is 4.74 Å². The summed E-state index contributed by atoms with van der Waals surface area (Å²) in [7, 11) is 0. The number of nitrogens with zero attached hydrogens (tertiary/aromatic N) is 1. The van der Waals surface area contributed by atoms with Gasteiger partial charge in [0.1, 0.15) is 5.75 Å². The third-order valence-electron chi connectivity index (χ3n) is 8.96. The number of carboxylic acid groups (broad SMARTS) is 1. The Morgan fingerprint density at radius 3 is 2.58 bits per heavy atom. The van der Waals surface area contributed by atoms with Gasteiger partial charge >= 0.3 is 12.1 Å². The van der Waals surface area contributed by atoms with Gasteiger partial charge < -0.3 is 20.5 Å². The van der Waals surface area contributed by atoms with Gasteiger partial charge in [0.15, 0.2) is 0 Å². The summed E-state index contributed by atoms with van der Waals surface area (Å²) in [5.41, 5.74) is 0.931. The molecular weight excluding hydrogens is 519 g/mol. The van der Waals surface area contributed by atoms with Crippen molar-refractivity contribution in [3.63, 3.8) is 0 Å². The van der Waals surface area contributed by atoms with Crippen molar-refractivity contribution in [3.8, 4) is 5.75 Å². The molecule has 0 amide bonds. The summed E-state index contributed by atoms with van der Waals surface area (Å²) in [4.78, 5) is 16.6. The molecule has 40 heavy (non-hydrogen) atoms. The second kappa shape index (κ2) is 9.94. The van der Waals surface area contributed by atoms with Crippen molar-refractivity contribution in [3.05, 3.63) is 59.8 Å². The zero-order valence-electron chi connectivity index (χ0n) is 22.5. The van der Waals surface area contributed by atoms with E-state index < -0.39 is 23.1 Å². The minimum absolute atomic E-state index is 0.145. The predicted octanol–water partition coefficient (Wildman–Crippen LogP) is 7.09. The number of aryl methyl sites for hydroxylation is 1. The highest BCUT2D eigenvalue weighted by molar-refractivity contribution is 5.93. The van der Waals surface area contributed by atoms with Crippen molar-refractivity contribution in [2.45, 2.75) is 63.6 Å². The van der Waals surface area contributed by atoms with E-state index >= 15 is 0 Å². The number of aromatic nitrogens is 1. The second-order valence-corrected chi connectivity index (χ2v) is 12.2. The summed E-state index contributed by atoms with van der Waals surface area (Å²) < 4.78 is 47.1. The molecule has 2 unspecified atom stereocenters. The Morgan fingerprint density at radius 2 is 1.85 bits per heavy atom. The van der Waals surface area contributed by atoms with Gasteiger partial charge in [-0.3, -0.25) is 9.78 Å². The van der Waals surface area contributed by atoms with Crippen LogP contribution in [0.5, 0.6) is 5.75 Å². The topological polar surface area (TPSA) is 83.5 Å². The highest BCUT2D eigenvalue weighted by Crippen LogP contribution is 2.61. The van der Waals surface area contributed by atoms with Gasteiger partial charge in [-0.2, -0.15) is 13.2 Å². The number of carboxylic acids is 1. The Hall–Kier alpha value is -3.33. The number of fused-ring (bicyclic) bond motifs is 1. The molecule has 3 aromatic rings. The molecule has 4 aliphatic carbocycles. The van der Waals surface area contributed by atoms with Gasteiger partial charge in [0.05, 0.1) is 23.1 Å². The maximum Gasteiger partial charge on any atom is 0.416 e. The summed E-state index contributed by atoms with van der Waals surface area (Å²) in [6, 6.07) is 13.0. The lowest BCUT2D eigenvalue weighted by atomic mass is 9.47. The minimum Gasteiger partial charge on any atom is -0.493 e. The lowest BCUT2D eigenvalue weighted by Crippen LogP contribution is -2.63. The number of aliphatic carboxylic acids is 1. The molecule has 4 fully saturated rings. The second-order valence-electron chi connectivity index (χ2n) is 12.2. The molecule has 1 heterocycles. The number of hydrogen-bond donors (Lipinski definition) is 3. The fraction of sp³-hybridized carbons (Fsp3) is 0.484. The minimum atomic E-state index is -4.52. The van der Waals surface area contributed by atoms with Crippen LogP contribution in [0.15, 0.2) is 48.5 Å². The fourth-order valence-corrected chi connectivity index (χ4v) is 7.82. The van der Waals surface area contributed by atoms with Crippen molar-refractivity contribution in [1.29, 1.82) is 0 Å². The molecule has 7 rings (SSSR count). The average Bonchev–Trinajstić information content (AvgIpc) is 2.87. The van der Waals surface area contributed by atoms with Crippen LogP contribution in [0.3, 0.4) is 0 Å². The summed E-state index contributed by atoms with van der Waals surface area (Å²) in [5.74, 6) is 0.393. The summed E-state index contributed by atoms with van der Waals surface area (Å²) >= 11 is 0. The third kappa shape index (κ3) is 5.23. The molecule has 1 aromatic heterocycles. The standard InChI is InChI=1S/C31H34F3N3O3/c1-19-9-27(25-5-2-3-6-26(25)36-19)37-23-11-22(31(32,33)34)12-24(13-23)40-8-4-7-35-30-16-20-10-21(17-30)15-29(14-20,18-30)28(38)39/h2-3,5-6,9,11-13,20-21,35H,4,7-8,10,14-18H2,1H3,(H,36,37)(H,38,39). The first-order chi connectivity index (χ1) is 19.0. The number of ether oxygens (including phenoxy) is 1. The van der Waals surface area contributed by atoms with E-state index in [1.165, 1.54) is 0 Å². The van der Waals surface area contributed by atoms with Crippen LogP contribution in [0.1, 0.15) is 56.2 Å². The van der Waals surface area contributed by atoms with Crippen molar-refractivity contribution in [2.75, 3.05) is 18.5 Å². The Balaban J connectivity index is 1.12. The molecule has 2 aromatic carbocycles. The van der Waals surface area contributed by atoms with Crippen LogP contribution in [0.4, 0.5) is 24.5 Å². The number of alkyl halides is 3. The molecule has 9 heteroatoms. The van der Waals surface area contributed by atoms with Crippen molar-refractivity contribution in [1.82, 2.24) is 10.3 Å². The third-order valence-corrected chi connectivity index (χ3v) is 8.96. The van der Waals surface area contributed by atoms with Gasteiger partial charge in [0.2, 0.25) is 0 Å². The van der Waals surface area contributed by atoms with E-state index in [2.05, 4.69) is 15.6 Å². The van der Waals surface area contributed by atoms with Crippen LogP contribution in [0.25, 0.3) is 10.9 Å². The molecule has 4 saturated carbocycles.